The van der Waals surface area contributed by atoms with Crippen molar-refractivity contribution in [1.29, 1.82) is 0 Å². The van der Waals surface area contributed by atoms with Crippen molar-refractivity contribution in [2.75, 3.05) is 20.3 Å². The summed E-state index contributed by atoms with van der Waals surface area (Å²) < 4.78 is 10.5. The Morgan fingerprint density at radius 2 is 2.28 bits per heavy atom. The fourth-order valence-corrected chi connectivity index (χ4v) is 1.65. The largest absolute Gasteiger partial charge is 0.451 e. The molecular formula is C11H15BrN2O4. The van der Waals surface area contributed by atoms with Crippen molar-refractivity contribution in [3.8, 4) is 0 Å². The molecule has 0 fully saturated rings. The van der Waals surface area contributed by atoms with Gasteiger partial charge in [0.15, 0.2) is 6.61 Å². The molecule has 0 spiro atoms. The van der Waals surface area contributed by atoms with Crippen LogP contribution in [-0.2, 0) is 14.3 Å². The summed E-state index contributed by atoms with van der Waals surface area (Å²) in [6, 6.07) is 1.45. The smallest absolute Gasteiger partial charge is 0.355 e. The van der Waals surface area contributed by atoms with Crippen LogP contribution in [0.3, 0.4) is 0 Å². The molecule has 100 valence electrons. The summed E-state index contributed by atoms with van der Waals surface area (Å²) in [7, 11) is 1.55. The van der Waals surface area contributed by atoms with Gasteiger partial charge in [0.2, 0.25) is 0 Å². The number of methoxy groups -OCH3 is 1. The molecule has 0 radical (unpaired) electrons. The number of hydrogen-bond acceptors (Lipinski definition) is 4. The van der Waals surface area contributed by atoms with Crippen molar-refractivity contribution in [3.63, 3.8) is 0 Å². The van der Waals surface area contributed by atoms with Gasteiger partial charge in [-0.25, -0.2) is 4.79 Å². The average Bonchev–Trinajstić information content (AvgIpc) is 2.73. The van der Waals surface area contributed by atoms with Crippen LogP contribution in [0.25, 0.3) is 0 Å². The number of amides is 1. The highest BCUT2D eigenvalue weighted by Crippen LogP contribution is 2.11. The SMILES string of the molecule is COCC(C)NC(=O)COC(=O)c1cc(Br)c[nH]1. The maximum absolute atomic E-state index is 11.5. The molecule has 0 aliphatic heterocycles. The number of ether oxygens (including phenoxy) is 2. The van der Waals surface area contributed by atoms with Gasteiger partial charge in [0.1, 0.15) is 5.69 Å². The van der Waals surface area contributed by atoms with E-state index in [-0.39, 0.29) is 18.6 Å². The molecule has 0 aliphatic carbocycles. The third kappa shape index (κ3) is 4.89. The molecular weight excluding hydrogens is 304 g/mol. The minimum atomic E-state index is -0.574. The van der Waals surface area contributed by atoms with Crippen LogP contribution >= 0.6 is 15.9 Å². The molecule has 0 bridgehead atoms. The Bertz CT molecular complexity index is 419. The van der Waals surface area contributed by atoms with Gasteiger partial charge >= 0.3 is 5.97 Å². The van der Waals surface area contributed by atoms with Crippen LogP contribution in [0.1, 0.15) is 17.4 Å². The molecule has 1 unspecified atom stereocenters. The summed E-state index contributed by atoms with van der Waals surface area (Å²) in [6.45, 7) is 1.89. The van der Waals surface area contributed by atoms with Gasteiger partial charge in [-0.1, -0.05) is 0 Å². The van der Waals surface area contributed by atoms with Crippen molar-refractivity contribution in [2.45, 2.75) is 13.0 Å². The number of esters is 1. The Morgan fingerprint density at radius 1 is 1.56 bits per heavy atom. The lowest BCUT2D eigenvalue weighted by atomic mass is 10.3. The van der Waals surface area contributed by atoms with E-state index in [9.17, 15) is 9.59 Å². The molecule has 1 aromatic rings. The van der Waals surface area contributed by atoms with Gasteiger partial charge in [-0.05, 0) is 28.9 Å². The van der Waals surface area contributed by atoms with Gasteiger partial charge in [-0.2, -0.15) is 0 Å². The summed E-state index contributed by atoms with van der Waals surface area (Å²) >= 11 is 3.20. The van der Waals surface area contributed by atoms with Gasteiger partial charge in [-0.15, -0.1) is 0 Å². The van der Waals surface area contributed by atoms with E-state index in [4.69, 9.17) is 9.47 Å². The van der Waals surface area contributed by atoms with Gasteiger partial charge in [-0.3, -0.25) is 4.79 Å². The van der Waals surface area contributed by atoms with E-state index in [0.717, 1.165) is 4.47 Å². The predicted octanol–water partition coefficient (Wildman–Crippen LogP) is 1.09. The number of H-pyrrole nitrogens is 1. The number of nitrogens with one attached hydrogen (secondary N) is 2. The molecule has 7 heteroatoms. The molecule has 6 nitrogen and oxygen atoms in total. The summed E-state index contributed by atoms with van der Waals surface area (Å²) in [4.78, 5) is 25.6. The Balaban J connectivity index is 2.32. The fourth-order valence-electron chi connectivity index (χ4n) is 1.30. The highest BCUT2D eigenvalue weighted by atomic mass is 79.9. The first-order valence-corrected chi connectivity index (χ1v) is 6.11. The minimum Gasteiger partial charge on any atom is -0.451 e. The zero-order valence-electron chi connectivity index (χ0n) is 10.2. The molecule has 2 N–H and O–H groups in total. The lowest BCUT2D eigenvalue weighted by Gasteiger charge is -2.12. The Labute approximate surface area is 113 Å². The third-order valence-corrected chi connectivity index (χ3v) is 2.48. The van der Waals surface area contributed by atoms with Gasteiger partial charge in [0, 0.05) is 23.8 Å². The second kappa shape index (κ2) is 7.17. The molecule has 0 aromatic carbocycles. The van der Waals surface area contributed by atoms with E-state index in [1.165, 1.54) is 0 Å². The Morgan fingerprint density at radius 3 is 2.83 bits per heavy atom. The van der Waals surface area contributed by atoms with E-state index in [0.29, 0.717) is 12.3 Å². The molecule has 1 heterocycles. The maximum atomic E-state index is 11.5. The van der Waals surface area contributed by atoms with E-state index in [1.54, 1.807) is 26.3 Å². The van der Waals surface area contributed by atoms with Crippen LogP contribution in [-0.4, -0.2) is 43.2 Å². The van der Waals surface area contributed by atoms with Crippen LogP contribution in [0, 0.1) is 0 Å². The molecule has 0 saturated heterocycles. The summed E-state index contributed by atoms with van der Waals surface area (Å²) in [6.07, 6.45) is 1.61. The molecule has 18 heavy (non-hydrogen) atoms. The third-order valence-electron chi connectivity index (χ3n) is 2.03. The van der Waals surface area contributed by atoms with E-state index in [2.05, 4.69) is 26.2 Å². The number of carbonyl (C=O) groups excluding carboxylic acids is 2. The number of halogens is 1. The van der Waals surface area contributed by atoms with E-state index in [1.807, 2.05) is 0 Å². The zero-order chi connectivity index (χ0) is 13.5. The topological polar surface area (TPSA) is 80.4 Å². The van der Waals surface area contributed by atoms with E-state index >= 15 is 0 Å². The van der Waals surface area contributed by atoms with E-state index < -0.39 is 5.97 Å². The highest BCUT2D eigenvalue weighted by molar-refractivity contribution is 9.10. The average molecular weight is 319 g/mol. The fraction of sp³-hybridized carbons (Fsp3) is 0.455. The van der Waals surface area contributed by atoms with Crippen molar-refractivity contribution in [2.24, 2.45) is 0 Å². The summed E-state index contributed by atoms with van der Waals surface area (Å²) in [5.74, 6) is -0.936. The molecule has 1 amide bonds. The van der Waals surface area contributed by atoms with Crippen LogP contribution < -0.4 is 5.32 Å². The monoisotopic (exact) mass is 318 g/mol. The molecule has 0 aliphatic rings. The zero-order valence-corrected chi connectivity index (χ0v) is 11.7. The predicted molar refractivity (Wildman–Crippen MR) is 68.3 cm³/mol. The lowest BCUT2D eigenvalue weighted by Crippen LogP contribution is -2.38. The van der Waals surface area contributed by atoms with Crippen LogP contribution in [0.15, 0.2) is 16.7 Å². The number of carbonyl (C=O) groups is 2. The summed E-state index contributed by atoms with van der Waals surface area (Å²) in [5.41, 5.74) is 0.291. The lowest BCUT2D eigenvalue weighted by molar-refractivity contribution is -0.125. The Kier molecular flexibility index (Phi) is 5.87. The highest BCUT2D eigenvalue weighted by Gasteiger charge is 2.13. The van der Waals surface area contributed by atoms with Crippen LogP contribution in [0.5, 0.6) is 0 Å². The summed E-state index contributed by atoms with van der Waals surface area (Å²) in [5, 5.41) is 2.63. The van der Waals surface area contributed by atoms with Gasteiger partial charge < -0.3 is 19.8 Å². The molecule has 1 aromatic heterocycles. The van der Waals surface area contributed by atoms with Crippen molar-refractivity contribution >= 4 is 27.8 Å². The number of rotatable bonds is 6. The Hall–Kier alpha value is -1.34. The quantitative estimate of drug-likeness (QED) is 0.769. The van der Waals surface area contributed by atoms with Crippen molar-refractivity contribution < 1.29 is 19.1 Å². The number of aromatic amines is 1. The molecule has 1 atom stereocenters. The first kappa shape index (κ1) is 14.7. The van der Waals surface area contributed by atoms with Crippen molar-refractivity contribution in [3.05, 3.63) is 22.4 Å². The van der Waals surface area contributed by atoms with Gasteiger partial charge in [0.05, 0.1) is 6.61 Å². The van der Waals surface area contributed by atoms with Crippen LogP contribution in [0.4, 0.5) is 0 Å². The first-order valence-electron chi connectivity index (χ1n) is 5.32. The number of hydrogen-bond donors (Lipinski definition) is 2. The molecule has 0 saturated carbocycles. The second-order valence-corrected chi connectivity index (χ2v) is 4.65. The molecule has 1 rings (SSSR count). The first-order chi connectivity index (χ1) is 8.52. The maximum Gasteiger partial charge on any atom is 0.355 e. The van der Waals surface area contributed by atoms with Gasteiger partial charge in [0.25, 0.3) is 5.91 Å². The normalized spacial score (nSPS) is 11.9. The second-order valence-electron chi connectivity index (χ2n) is 3.73. The minimum absolute atomic E-state index is 0.124. The van der Waals surface area contributed by atoms with Crippen LogP contribution in [0.2, 0.25) is 0 Å². The van der Waals surface area contributed by atoms with Crippen molar-refractivity contribution in [1.82, 2.24) is 10.3 Å². The standard InChI is InChI=1S/C11H15BrN2O4/c1-7(5-17-2)14-10(15)6-18-11(16)9-3-8(12)4-13-9/h3-4,7,13H,5-6H2,1-2H3,(H,14,15). The number of aromatic nitrogens is 1.